The summed E-state index contributed by atoms with van der Waals surface area (Å²) in [4.78, 5) is 0.255. The van der Waals surface area contributed by atoms with Gasteiger partial charge < -0.3 is 5.73 Å². The topological polar surface area (TPSA) is 63.4 Å². The first kappa shape index (κ1) is 12.7. The van der Waals surface area contributed by atoms with Crippen LogP contribution in [0.2, 0.25) is 0 Å². The van der Waals surface area contributed by atoms with Crippen molar-refractivity contribution in [3.8, 4) is 0 Å². The Kier molecular flexibility index (Phi) is 4.09. The molecule has 0 unspecified atom stereocenters. The van der Waals surface area contributed by atoms with E-state index in [4.69, 9.17) is 5.73 Å². The summed E-state index contributed by atoms with van der Waals surface area (Å²) in [6.45, 7) is 6.06. The summed E-state index contributed by atoms with van der Waals surface area (Å²) in [5, 5.41) is 0. The van der Waals surface area contributed by atoms with E-state index in [1.54, 1.807) is 25.1 Å². The highest BCUT2D eigenvalue weighted by Crippen LogP contribution is 2.16. The predicted molar refractivity (Wildman–Crippen MR) is 65.5 cm³/mol. The largest absolute Gasteiger partial charge is 0.399 e. The third-order valence-electron chi connectivity index (χ3n) is 2.20. The summed E-state index contributed by atoms with van der Waals surface area (Å²) in [5.41, 5.74) is 6.06. The maximum atomic E-state index is 12.1. The molecule has 4 nitrogen and oxygen atoms in total. The van der Waals surface area contributed by atoms with E-state index in [0.29, 0.717) is 18.8 Å². The first-order chi connectivity index (χ1) is 7.52. The van der Waals surface area contributed by atoms with Crippen molar-refractivity contribution >= 4 is 15.7 Å². The van der Waals surface area contributed by atoms with Crippen LogP contribution in [-0.4, -0.2) is 25.8 Å². The number of anilines is 1. The summed E-state index contributed by atoms with van der Waals surface area (Å²) in [7, 11) is -3.42. The number of hydrogen-bond donors (Lipinski definition) is 1. The molecule has 0 bridgehead atoms. The Balaban J connectivity index is 3.09. The molecule has 0 amide bonds. The van der Waals surface area contributed by atoms with Crippen LogP contribution in [0.4, 0.5) is 5.69 Å². The highest BCUT2D eigenvalue weighted by molar-refractivity contribution is 7.89. The van der Waals surface area contributed by atoms with Gasteiger partial charge in [0, 0.05) is 18.8 Å². The first-order valence-electron chi connectivity index (χ1n) is 4.99. The molecule has 0 aliphatic carbocycles. The third kappa shape index (κ3) is 2.62. The lowest BCUT2D eigenvalue weighted by Gasteiger charge is -2.18. The zero-order valence-corrected chi connectivity index (χ0v) is 10.1. The Morgan fingerprint density at radius 1 is 1.38 bits per heavy atom. The van der Waals surface area contributed by atoms with Crippen molar-refractivity contribution in [1.29, 1.82) is 0 Å². The van der Waals surface area contributed by atoms with Gasteiger partial charge in [0.1, 0.15) is 0 Å². The molecule has 0 heterocycles. The van der Waals surface area contributed by atoms with Crippen LogP contribution in [0, 0.1) is 0 Å². The van der Waals surface area contributed by atoms with Crippen molar-refractivity contribution in [3.63, 3.8) is 0 Å². The molecule has 0 radical (unpaired) electrons. The van der Waals surface area contributed by atoms with Gasteiger partial charge in [-0.1, -0.05) is 13.0 Å². The minimum absolute atomic E-state index is 0.255. The molecular formula is C11H16N2O2S. The van der Waals surface area contributed by atoms with Crippen LogP contribution in [0.3, 0.4) is 0 Å². The molecule has 1 aromatic carbocycles. The van der Waals surface area contributed by atoms with E-state index >= 15 is 0 Å². The molecule has 0 spiro atoms. The lowest BCUT2D eigenvalue weighted by molar-refractivity contribution is 0.460. The molecule has 16 heavy (non-hydrogen) atoms. The second kappa shape index (κ2) is 5.14. The fourth-order valence-corrected chi connectivity index (χ4v) is 2.75. The van der Waals surface area contributed by atoms with Crippen LogP contribution in [0.15, 0.2) is 41.8 Å². The fourth-order valence-electron chi connectivity index (χ4n) is 1.33. The van der Waals surface area contributed by atoms with Crippen LogP contribution in [0.1, 0.15) is 6.92 Å². The fraction of sp³-hybridized carbons (Fsp3) is 0.273. The number of likely N-dealkylation sites (N-methyl/N-ethyl adjacent to an activating group) is 1. The summed E-state index contributed by atoms with van der Waals surface area (Å²) in [6, 6.07) is 6.18. The quantitative estimate of drug-likeness (QED) is 0.626. The standard InChI is InChI=1S/C11H16N2O2S/c1-3-9-13(4-2)16(14,15)11-7-5-10(12)6-8-11/h3,5-8H,1,4,9,12H2,2H3. The van der Waals surface area contributed by atoms with Gasteiger partial charge in [-0.25, -0.2) is 8.42 Å². The van der Waals surface area contributed by atoms with Gasteiger partial charge in [0.15, 0.2) is 0 Å². The minimum Gasteiger partial charge on any atom is -0.399 e. The Morgan fingerprint density at radius 3 is 2.38 bits per heavy atom. The normalized spacial score (nSPS) is 11.6. The molecule has 88 valence electrons. The van der Waals surface area contributed by atoms with Crippen molar-refractivity contribution in [2.75, 3.05) is 18.8 Å². The monoisotopic (exact) mass is 240 g/mol. The number of sulfonamides is 1. The van der Waals surface area contributed by atoms with Crippen molar-refractivity contribution in [1.82, 2.24) is 4.31 Å². The summed E-state index contributed by atoms with van der Waals surface area (Å²) in [6.07, 6.45) is 1.57. The average Bonchev–Trinajstić information content (AvgIpc) is 2.26. The van der Waals surface area contributed by atoms with Gasteiger partial charge in [-0.15, -0.1) is 6.58 Å². The number of benzene rings is 1. The van der Waals surface area contributed by atoms with E-state index in [1.807, 2.05) is 0 Å². The zero-order valence-electron chi connectivity index (χ0n) is 9.26. The van der Waals surface area contributed by atoms with Crippen molar-refractivity contribution in [3.05, 3.63) is 36.9 Å². The van der Waals surface area contributed by atoms with Crippen molar-refractivity contribution < 1.29 is 8.42 Å². The molecule has 0 fully saturated rings. The Bertz CT molecular complexity index is 451. The molecule has 5 heteroatoms. The van der Waals surface area contributed by atoms with Gasteiger partial charge >= 0.3 is 0 Å². The average molecular weight is 240 g/mol. The van der Waals surface area contributed by atoms with Gasteiger partial charge in [0.25, 0.3) is 0 Å². The Labute approximate surface area is 96.4 Å². The minimum atomic E-state index is -3.42. The molecular weight excluding hydrogens is 224 g/mol. The molecule has 0 atom stereocenters. The van der Waals surface area contributed by atoms with E-state index in [-0.39, 0.29) is 4.90 Å². The van der Waals surface area contributed by atoms with Crippen LogP contribution < -0.4 is 5.73 Å². The van der Waals surface area contributed by atoms with Crippen molar-refractivity contribution in [2.45, 2.75) is 11.8 Å². The van der Waals surface area contributed by atoms with Crippen molar-refractivity contribution in [2.24, 2.45) is 0 Å². The van der Waals surface area contributed by atoms with Gasteiger partial charge in [-0.3, -0.25) is 0 Å². The molecule has 1 rings (SSSR count). The van der Waals surface area contributed by atoms with E-state index < -0.39 is 10.0 Å². The lowest BCUT2D eigenvalue weighted by Crippen LogP contribution is -2.30. The highest BCUT2D eigenvalue weighted by atomic mass is 32.2. The van der Waals surface area contributed by atoms with Gasteiger partial charge in [-0.05, 0) is 24.3 Å². The lowest BCUT2D eigenvalue weighted by atomic mass is 10.3. The molecule has 1 aromatic rings. The number of nitrogens with zero attached hydrogens (tertiary/aromatic N) is 1. The smallest absolute Gasteiger partial charge is 0.243 e. The highest BCUT2D eigenvalue weighted by Gasteiger charge is 2.21. The second-order valence-corrected chi connectivity index (χ2v) is 5.25. The Hall–Kier alpha value is -1.33. The van der Waals surface area contributed by atoms with Gasteiger partial charge in [-0.2, -0.15) is 4.31 Å². The third-order valence-corrected chi connectivity index (χ3v) is 4.16. The predicted octanol–water partition coefficient (Wildman–Crippen LogP) is 1.47. The Morgan fingerprint density at radius 2 is 1.94 bits per heavy atom. The summed E-state index contributed by atoms with van der Waals surface area (Å²) in [5.74, 6) is 0. The number of rotatable bonds is 5. The molecule has 0 aliphatic rings. The van der Waals surface area contributed by atoms with E-state index in [1.165, 1.54) is 16.4 Å². The SMILES string of the molecule is C=CCN(CC)S(=O)(=O)c1ccc(N)cc1. The summed E-state index contributed by atoms with van der Waals surface area (Å²) < 4.78 is 25.6. The maximum absolute atomic E-state index is 12.1. The number of nitrogens with two attached hydrogens (primary N) is 1. The van der Waals surface area contributed by atoms with E-state index in [0.717, 1.165) is 0 Å². The number of hydrogen-bond acceptors (Lipinski definition) is 3. The molecule has 0 saturated heterocycles. The molecule has 2 N–H and O–H groups in total. The van der Waals surface area contributed by atoms with Gasteiger partial charge in [0.2, 0.25) is 10.0 Å². The molecule has 0 saturated carbocycles. The maximum Gasteiger partial charge on any atom is 0.243 e. The van der Waals surface area contributed by atoms with E-state index in [9.17, 15) is 8.42 Å². The van der Waals surface area contributed by atoms with Gasteiger partial charge in [0.05, 0.1) is 4.90 Å². The van der Waals surface area contributed by atoms with Crippen LogP contribution >= 0.6 is 0 Å². The molecule has 0 aromatic heterocycles. The second-order valence-electron chi connectivity index (χ2n) is 3.31. The van der Waals surface area contributed by atoms with Crippen LogP contribution in [0.25, 0.3) is 0 Å². The van der Waals surface area contributed by atoms with E-state index in [2.05, 4.69) is 6.58 Å². The van der Waals surface area contributed by atoms with Crippen LogP contribution in [-0.2, 0) is 10.0 Å². The summed E-state index contributed by atoms with van der Waals surface area (Å²) >= 11 is 0. The zero-order chi connectivity index (χ0) is 12.2. The molecule has 0 aliphatic heterocycles. The first-order valence-corrected chi connectivity index (χ1v) is 6.43. The van der Waals surface area contributed by atoms with Crippen LogP contribution in [0.5, 0.6) is 0 Å². The number of nitrogen functional groups attached to an aromatic ring is 1.